The SMILES string of the molecule is CN(CC(C)(C)O)C(=O)Nc1ccc(F)cc1. The van der Waals surface area contributed by atoms with Gasteiger partial charge in [0.2, 0.25) is 0 Å². The van der Waals surface area contributed by atoms with E-state index in [-0.39, 0.29) is 18.4 Å². The van der Waals surface area contributed by atoms with Gasteiger partial charge in [-0.2, -0.15) is 0 Å². The van der Waals surface area contributed by atoms with Gasteiger partial charge in [-0.05, 0) is 38.1 Å². The first-order valence-corrected chi connectivity index (χ1v) is 5.28. The van der Waals surface area contributed by atoms with Gasteiger partial charge in [0.15, 0.2) is 0 Å². The molecule has 0 unspecified atom stereocenters. The average Bonchev–Trinajstić information content (AvgIpc) is 2.19. The molecule has 0 heterocycles. The Hall–Kier alpha value is -1.62. The Morgan fingerprint density at radius 1 is 1.41 bits per heavy atom. The number of hydrogen-bond acceptors (Lipinski definition) is 2. The van der Waals surface area contributed by atoms with Crippen molar-refractivity contribution >= 4 is 11.7 Å². The minimum atomic E-state index is -0.950. The number of carbonyl (C=O) groups is 1. The Morgan fingerprint density at radius 2 is 1.94 bits per heavy atom. The van der Waals surface area contributed by atoms with Crippen molar-refractivity contribution in [1.82, 2.24) is 4.90 Å². The third kappa shape index (κ3) is 4.82. The number of benzene rings is 1. The molecule has 0 spiro atoms. The third-order valence-corrected chi connectivity index (χ3v) is 2.07. The van der Waals surface area contributed by atoms with Crippen molar-refractivity contribution in [1.29, 1.82) is 0 Å². The van der Waals surface area contributed by atoms with Crippen LogP contribution in [0.4, 0.5) is 14.9 Å². The number of rotatable bonds is 3. The van der Waals surface area contributed by atoms with Crippen molar-refractivity contribution in [3.63, 3.8) is 0 Å². The van der Waals surface area contributed by atoms with Gasteiger partial charge in [0, 0.05) is 12.7 Å². The number of nitrogens with zero attached hydrogens (tertiary/aromatic N) is 1. The van der Waals surface area contributed by atoms with Gasteiger partial charge < -0.3 is 15.3 Å². The first-order chi connectivity index (χ1) is 7.78. The quantitative estimate of drug-likeness (QED) is 0.849. The molecular weight excluding hydrogens is 223 g/mol. The maximum atomic E-state index is 12.6. The summed E-state index contributed by atoms with van der Waals surface area (Å²) < 4.78 is 12.6. The summed E-state index contributed by atoms with van der Waals surface area (Å²) in [6.45, 7) is 3.45. The molecule has 0 aliphatic carbocycles. The molecule has 0 bridgehead atoms. The third-order valence-electron chi connectivity index (χ3n) is 2.07. The molecule has 5 heteroatoms. The summed E-state index contributed by atoms with van der Waals surface area (Å²) in [6, 6.07) is 5.15. The van der Waals surface area contributed by atoms with E-state index < -0.39 is 5.60 Å². The van der Waals surface area contributed by atoms with Gasteiger partial charge in [0.25, 0.3) is 0 Å². The lowest BCUT2D eigenvalue weighted by Gasteiger charge is -2.25. The predicted octanol–water partition coefficient (Wildman–Crippen LogP) is 2.06. The van der Waals surface area contributed by atoms with E-state index in [9.17, 15) is 14.3 Å². The number of halogens is 1. The molecule has 2 amide bonds. The number of carbonyl (C=O) groups excluding carboxylic acids is 1. The van der Waals surface area contributed by atoms with E-state index in [1.807, 2.05) is 0 Å². The minimum absolute atomic E-state index is 0.208. The Bertz CT molecular complexity index is 384. The van der Waals surface area contributed by atoms with Crippen molar-refractivity contribution in [3.8, 4) is 0 Å². The lowest BCUT2D eigenvalue weighted by Crippen LogP contribution is -2.41. The van der Waals surface area contributed by atoms with Crippen LogP contribution in [-0.2, 0) is 0 Å². The maximum absolute atomic E-state index is 12.6. The molecule has 0 fully saturated rings. The molecule has 1 rings (SSSR count). The van der Waals surface area contributed by atoms with Gasteiger partial charge in [-0.15, -0.1) is 0 Å². The van der Waals surface area contributed by atoms with E-state index in [1.165, 1.54) is 29.2 Å². The zero-order valence-corrected chi connectivity index (χ0v) is 10.2. The first-order valence-electron chi connectivity index (χ1n) is 5.28. The number of aliphatic hydroxyl groups is 1. The number of anilines is 1. The fourth-order valence-electron chi connectivity index (χ4n) is 1.40. The Labute approximate surface area is 100 Å². The van der Waals surface area contributed by atoms with E-state index in [1.54, 1.807) is 20.9 Å². The van der Waals surface area contributed by atoms with Crippen LogP contribution < -0.4 is 5.32 Å². The smallest absolute Gasteiger partial charge is 0.321 e. The number of likely N-dealkylation sites (N-methyl/N-ethyl adjacent to an activating group) is 1. The summed E-state index contributed by atoms with van der Waals surface area (Å²) in [4.78, 5) is 13.0. The lowest BCUT2D eigenvalue weighted by atomic mass is 10.1. The van der Waals surface area contributed by atoms with Crippen molar-refractivity contribution in [3.05, 3.63) is 30.1 Å². The van der Waals surface area contributed by atoms with Crippen LogP contribution in [0.5, 0.6) is 0 Å². The highest BCUT2D eigenvalue weighted by Crippen LogP contribution is 2.10. The average molecular weight is 240 g/mol. The fraction of sp³-hybridized carbons (Fsp3) is 0.417. The summed E-state index contributed by atoms with van der Waals surface area (Å²) in [5, 5.41) is 12.2. The largest absolute Gasteiger partial charge is 0.389 e. The molecule has 17 heavy (non-hydrogen) atoms. The van der Waals surface area contributed by atoms with Crippen molar-refractivity contribution < 1.29 is 14.3 Å². The molecule has 94 valence electrons. The number of amides is 2. The van der Waals surface area contributed by atoms with Crippen LogP contribution in [0.3, 0.4) is 0 Å². The minimum Gasteiger partial charge on any atom is -0.389 e. The molecule has 4 nitrogen and oxygen atoms in total. The van der Waals surface area contributed by atoms with Crippen LogP contribution in [0.1, 0.15) is 13.8 Å². The summed E-state index contributed by atoms with van der Waals surface area (Å²) >= 11 is 0. The predicted molar refractivity (Wildman–Crippen MR) is 64.3 cm³/mol. The number of urea groups is 1. The Balaban J connectivity index is 2.57. The van der Waals surface area contributed by atoms with Crippen LogP contribution in [0.15, 0.2) is 24.3 Å². The highest BCUT2D eigenvalue weighted by atomic mass is 19.1. The summed E-state index contributed by atoms with van der Waals surface area (Å²) in [7, 11) is 1.58. The molecule has 0 aromatic heterocycles. The van der Waals surface area contributed by atoms with Crippen molar-refractivity contribution in [2.45, 2.75) is 19.4 Å². The van der Waals surface area contributed by atoms with Crippen LogP contribution in [0, 0.1) is 5.82 Å². The normalized spacial score (nSPS) is 11.1. The second-order valence-corrected chi connectivity index (χ2v) is 4.61. The van der Waals surface area contributed by atoms with Crippen LogP contribution >= 0.6 is 0 Å². The molecule has 0 aliphatic heterocycles. The number of hydrogen-bond donors (Lipinski definition) is 2. The summed E-state index contributed by atoms with van der Waals surface area (Å²) in [6.07, 6.45) is 0. The Morgan fingerprint density at radius 3 is 2.41 bits per heavy atom. The molecule has 1 aromatic carbocycles. The monoisotopic (exact) mass is 240 g/mol. The first kappa shape index (κ1) is 13.4. The van der Waals surface area contributed by atoms with Crippen molar-refractivity contribution in [2.75, 3.05) is 18.9 Å². The zero-order chi connectivity index (χ0) is 13.1. The summed E-state index contributed by atoms with van der Waals surface area (Å²) in [5.74, 6) is -0.354. The fourth-order valence-corrected chi connectivity index (χ4v) is 1.40. The van der Waals surface area contributed by atoms with Gasteiger partial charge in [-0.25, -0.2) is 9.18 Å². The van der Waals surface area contributed by atoms with Gasteiger partial charge in [-0.3, -0.25) is 0 Å². The van der Waals surface area contributed by atoms with Crippen LogP contribution in [0.25, 0.3) is 0 Å². The highest BCUT2D eigenvalue weighted by molar-refractivity contribution is 5.89. The lowest BCUT2D eigenvalue weighted by molar-refractivity contribution is 0.0550. The zero-order valence-electron chi connectivity index (χ0n) is 10.2. The maximum Gasteiger partial charge on any atom is 0.321 e. The second kappa shape index (κ2) is 5.14. The molecule has 0 aliphatic rings. The van der Waals surface area contributed by atoms with Gasteiger partial charge in [-0.1, -0.05) is 0 Å². The number of nitrogens with one attached hydrogen (secondary N) is 1. The summed E-state index contributed by atoms with van der Waals surface area (Å²) in [5.41, 5.74) is -0.437. The van der Waals surface area contributed by atoms with Crippen molar-refractivity contribution in [2.24, 2.45) is 0 Å². The second-order valence-electron chi connectivity index (χ2n) is 4.61. The van der Waals surface area contributed by atoms with E-state index in [0.29, 0.717) is 5.69 Å². The molecule has 2 N–H and O–H groups in total. The highest BCUT2D eigenvalue weighted by Gasteiger charge is 2.19. The standard InChI is InChI=1S/C12H17FN2O2/c1-12(2,17)8-15(3)11(16)14-10-6-4-9(13)5-7-10/h4-7,17H,8H2,1-3H3,(H,14,16). The van der Waals surface area contributed by atoms with Gasteiger partial charge in [0.1, 0.15) is 5.82 Å². The van der Waals surface area contributed by atoms with E-state index in [2.05, 4.69) is 5.32 Å². The molecular formula is C12H17FN2O2. The van der Waals surface area contributed by atoms with Crippen LogP contribution in [-0.4, -0.2) is 35.2 Å². The van der Waals surface area contributed by atoms with E-state index in [4.69, 9.17) is 0 Å². The topological polar surface area (TPSA) is 52.6 Å². The molecule has 0 atom stereocenters. The molecule has 0 saturated heterocycles. The van der Waals surface area contributed by atoms with Gasteiger partial charge in [0.05, 0.1) is 12.1 Å². The molecule has 0 saturated carbocycles. The van der Waals surface area contributed by atoms with E-state index >= 15 is 0 Å². The van der Waals surface area contributed by atoms with Crippen LogP contribution in [0.2, 0.25) is 0 Å². The Kier molecular flexibility index (Phi) is 4.07. The van der Waals surface area contributed by atoms with E-state index in [0.717, 1.165) is 0 Å². The van der Waals surface area contributed by atoms with Gasteiger partial charge >= 0.3 is 6.03 Å². The molecule has 0 radical (unpaired) electrons. The molecule has 1 aromatic rings.